The Morgan fingerprint density at radius 3 is 2.35 bits per heavy atom. The normalized spacial score (nSPS) is 17.2. The van der Waals surface area contributed by atoms with Crippen LogP contribution in [0.2, 0.25) is 0 Å². The van der Waals surface area contributed by atoms with Gasteiger partial charge in [-0.3, -0.25) is 0 Å². The van der Waals surface area contributed by atoms with Crippen molar-refractivity contribution in [3.05, 3.63) is 23.5 Å². The fourth-order valence-electron chi connectivity index (χ4n) is 2.23. The van der Waals surface area contributed by atoms with Gasteiger partial charge in [-0.2, -0.15) is 4.31 Å². The van der Waals surface area contributed by atoms with Gasteiger partial charge in [0.15, 0.2) is 5.69 Å². The van der Waals surface area contributed by atoms with Crippen molar-refractivity contribution < 1.29 is 18.3 Å². The Hall–Kier alpha value is -1.67. The van der Waals surface area contributed by atoms with Crippen LogP contribution in [0.3, 0.4) is 0 Å². The van der Waals surface area contributed by atoms with E-state index >= 15 is 0 Å². The van der Waals surface area contributed by atoms with E-state index in [0.717, 1.165) is 5.69 Å². The minimum absolute atomic E-state index is 0.0449. The van der Waals surface area contributed by atoms with Gasteiger partial charge in [-0.25, -0.2) is 18.2 Å². The molecule has 0 aliphatic carbocycles. The summed E-state index contributed by atoms with van der Waals surface area (Å²) in [4.78, 5) is 16.9. The van der Waals surface area contributed by atoms with Gasteiger partial charge in [-0.15, -0.1) is 0 Å². The van der Waals surface area contributed by atoms with Crippen molar-refractivity contribution in [2.45, 2.75) is 6.92 Å². The Kier molecular flexibility index (Phi) is 3.96. The largest absolute Gasteiger partial charge is 0.477 e. The molecule has 7 nitrogen and oxygen atoms in total. The van der Waals surface area contributed by atoms with Gasteiger partial charge in [0.2, 0.25) is 10.0 Å². The summed E-state index contributed by atoms with van der Waals surface area (Å²) in [5.74, 6) is -1.05. The van der Waals surface area contributed by atoms with Gasteiger partial charge in [-0.05, 0) is 18.6 Å². The minimum atomic E-state index is -3.14. The van der Waals surface area contributed by atoms with Crippen LogP contribution in [0.5, 0.6) is 0 Å². The number of carbonyl (C=O) groups is 1. The van der Waals surface area contributed by atoms with Crippen LogP contribution in [0, 0.1) is 6.92 Å². The molecule has 1 aliphatic rings. The van der Waals surface area contributed by atoms with Gasteiger partial charge >= 0.3 is 5.97 Å². The van der Waals surface area contributed by atoms with E-state index < -0.39 is 16.0 Å². The van der Waals surface area contributed by atoms with Crippen molar-refractivity contribution >= 4 is 21.7 Å². The number of rotatable bonds is 3. The van der Waals surface area contributed by atoms with E-state index in [-0.39, 0.29) is 5.69 Å². The van der Waals surface area contributed by atoms with Crippen LogP contribution in [-0.4, -0.2) is 61.2 Å². The van der Waals surface area contributed by atoms with E-state index in [0.29, 0.717) is 31.7 Å². The number of hydrogen-bond acceptors (Lipinski definition) is 5. The molecule has 0 aromatic carbocycles. The van der Waals surface area contributed by atoms with E-state index in [1.54, 1.807) is 13.0 Å². The van der Waals surface area contributed by atoms with Crippen LogP contribution < -0.4 is 4.90 Å². The van der Waals surface area contributed by atoms with Crippen molar-refractivity contribution in [3.8, 4) is 0 Å². The van der Waals surface area contributed by atoms with Gasteiger partial charge in [0.05, 0.1) is 18.1 Å². The fourth-order valence-corrected chi connectivity index (χ4v) is 3.06. The van der Waals surface area contributed by atoms with Crippen LogP contribution in [0.4, 0.5) is 5.69 Å². The summed E-state index contributed by atoms with van der Waals surface area (Å²) in [5, 5.41) is 8.94. The third-order valence-electron chi connectivity index (χ3n) is 3.34. The third kappa shape index (κ3) is 3.07. The molecule has 0 saturated carbocycles. The van der Waals surface area contributed by atoms with Crippen LogP contribution in [0.25, 0.3) is 0 Å². The maximum atomic E-state index is 11.4. The first-order valence-electron chi connectivity index (χ1n) is 6.19. The van der Waals surface area contributed by atoms with Gasteiger partial charge in [-0.1, -0.05) is 0 Å². The number of carboxylic acid groups (broad SMARTS) is 1. The lowest BCUT2D eigenvalue weighted by molar-refractivity contribution is 0.0689. The van der Waals surface area contributed by atoms with Crippen molar-refractivity contribution in [1.82, 2.24) is 9.29 Å². The van der Waals surface area contributed by atoms with Crippen LogP contribution in [0.1, 0.15) is 16.1 Å². The first kappa shape index (κ1) is 14.7. The van der Waals surface area contributed by atoms with Gasteiger partial charge in [0.25, 0.3) is 0 Å². The van der Waals surface area contributed by atoms with Gasteiger partial charge < -0.3 is 10.0 Å². The molecule has 1 aromatic rings. The second kappa shape index (κ2) is 5.37. The van der Waals surface area contributed by atoms with E-state index in [9.17, 15) is 13.2 Å². The average Bonchev–Trinajstić information content (AvgIpc) is 2.37. The summed E-state index contributed by atoms with van der Waals surface area (Å²) in [6.45, 7) is 3.70. The SMILES string of the molecule is Cc1cc(N2CCN(S(C)(=O)=O)CC2)cnc1C(=O)O. The number of carboxylic acids is 1. The maximum Gasteiger partial charge on any atom is 0.354 e. The molecule has 0 spiro atoms. The highest BCUT2D eigenvalue weighted by Gasteiger charge is 2.24. The molecule has 1 saturated heterocycles. The Labute approximate surface area is 117 Å². The zero-order valence-electron chi connectivity index (χ0n) is 11.4. The first-order chi connectivity index (χ1) is 9.29. The number of hydrogen-bond donors (Lipinski definition) is 1. The molecule has 0 amide bonds. The molecular weight excluding hydrogens is 282 g/mol. The topological polar surface area (TPSA) is 90.8 Å². The molecule has 1 aromatic heterocycles. The van der Waals surface area contributed by atoms with Crippen LogP contribution in [-0.2, 0) is 10.0 Å². The van der Waals surface area contributed by atoms with Crippen molar-refractivity contribution in [3.63, 3.8) is 0 Å². The Balaban J connectivity index is 2.11. The first-order valence-corrected chi connectivity index (χ1v) is 8.04. The van der Waals surface area contributed by atoms with E-state index in [4.69, 9.17) is 5.11 Å². The molecule has 8 heteroatoms. The number of aromatic carboxylic acids is 1. The second-order valence-electron chi connectivity index (χ2n) is 4.81. The molecule has 20 heavy (non-hydrogen) atoms. The monoisotopic (exact) mass is 299 g/mol. The van der Waals surface area contributed by atoms with Gasteiger partial charge in [0.1, 0.15) is 0 Å². The average molecular weight is 299 g/mol. The van der Waals surface area contributed by atoms with Crippen LogP contribution >= 0.6 is 0 Å². The molecule has 2 heterocycles. The number of aryl methyl sites for hydroxylation is 1. The second-order valence-corrected chi connectivity index (χ2v) is 6.80. The van der Waals surface area contributed by atoms with E-state index in [1.807, 2.05) is 4.90 Å². The quantitative estimate of drug-likeness (QED) is 0.855. The fraction of sp³-hybridized carbons (Fsp3) is 0.500. The molecule has 0 atom stereocenters. The van der Waals surface area contributed by atoms with Gasteiger partial charge in [0, 0.05) is 26.2 Å². The summed E-state index contributed by atoms with van der Waals surface area (Å²) in [5.41, 5.74) is 1.46. The smallest absolute Gasteiger partial charge is 0.354 e. The summed E-state index contributed by atoms with van der Waals surface area (Å²) in [7, 11) is -3.14. The molecule has 0 radical (unpaired) electrons. The number of aromatic nitrogens is 1. The third-order valence-corrected chi connectivity index (χ3v) is 4.64. The minimum Gasteiger partial charge on any atom is -0.477 e. The predicted molar refractivity (Wildman–Crippen MR) is 74.6 cm³/mol. The van der Waals surface area contributed by atoms with Crippen molar-refractivity contribution in [2.24, 2.45) is 0 Å². The summed E-state index contributed by atoms with van der Waals surface area (Å²) in [6.07, 6.45) is 2.72. The van der Waals surface area contributed by atoms with E-state index in [1.165, 1.54) is 16.8 Å². The highest BCUT2D eigenvalue weighted by molar-refractivity contribution is 7.88. The Bertz CT molecular complexity index is 622. The summed E-state index contributed by atoms with van der Waals surface area (Å²) in [6, 6.07) is 1.77. The molecule has 2 rings (SSSR count). The zero-order chi connectivity index (χ0) is 14.9. The van der Waals surface area contributed by atoms with Crippen LogP contribution in [0.15, 0.2) is 12.3 Å². The zero-order valence-corrected chi connectivity index (χ0v) is 12.2. The maximum absolute atomic E-state index is 11.4. The lowest BCUT2D eigenvalue weighted by atomic mass is 10.2. The number of pyridine rings is 1. The Morgan fingerprint density at radius 1 is 1.30 bits per heavy atom. The number of anilines is 1. The highest BCUT2D eigenvalue weighted by Crippen LogP contribution is 2.19. The molecular formula is C12H17N3O4S. The number of piperazine rings is 1. The lowest BCUT2D eigenvalue weighted by Crippen LogP contribution is -2.48. The number of sulfonamides is 1. The number of nitrogens with zero attached hydrogens (tertiary/aromatic N) is 3. The molecule has 110 valence electrons. The molecule has 0 unspecified atom stereocenters. The molecule has 1 fully saturated rings. The van der Waals surface area contributed by atoms with Crippen molar-refractivity contribution in [1.29, 1.82) is 0 Å². The molecule has 0 bridgehead atoms. The van der Waals surface area contributed by atoms with E-state index in [2.05, 4.69) is 4.98 Å². The Morgan fingerprint density at radius 2 is 1.90 bits per heavy atom. The molecule has 1 N–H and O–H groups in total. The lowest BCUT2D eigenvalue weighted by Gasteiger charge is -2.34. The van der Waals surface area contributed by atoms with Crippen molar-refractivity contribution in [2.75, 3.05) is 37.3 Å². The standard InChI is InChI=1S/C12H17N3O4S/c1-9-7-10(8-13-11(9)12(16)17)14-3-5-15(6-4-14)20(2,18)19/h7-8H,3-6H2,1-2H3,(H,16,17). The summed E-state index contributed by atoms with van der Waals surface area (Å²) < 4.78 is 24.3. The summed E-state index contributed by atoms with van der Waals surface area (Å²) >= 11 is 0. The predicted octanol–water partition coefficient (Wildman–Crippen LogP) is 0.170. The highest BCUT2D eigenvalue weighted by atomic mass is 32.2. The molecule has 1 aliphatic heterocycles.